The molecule has 1 amide bonds. The van der Waals surface area contributed by atoms with Crippen molar-refractivity contribution in [3.8, 4) is 0 Å². The number of hydrogen-bond donors (Lipinski definition) is 1. The summed E-state index contributed by atoms with van der Waals surface area (Å²) < 4.78 is 0.371. The Morgan fingerprint density at radius 2 is 1.84 bits per heavy atom. The molecule has 2 aromatic rings. The molecule has 0 aliphatic rings. The molecule has 19 heavy (non-hydrogen) atoms. The van der Waals surface area contributed by atoms with E-state index in [0.29, 0.717) is 15.7 Å². The molecule has 0 heterocycles. The third kappa shape index (κ3) is 3.17. The lowest BCUT2D eigenvalue weighted by Gasteiger charge is -2.05. The molecule has 0 unspecified atom stereocenters. The van der Waals surface area contributed by atoms with Crippen molar-refractivity contribution in [2.45, 2.75) is 0 Å². The summed E-state index contributed by atoms with van der Waals surface area (Å²) >= 11 is 3.09. The average Bonchev–Trinajstić information content (AvgIpc) is 2.41. The molecule has 6 heteroatoms. The fraction of sp³-hybridized carbons (Fsp3) is 0. The zero-order valence-corrected chi connectivity index (χ0v) is 11.3. The molecule has 0 fully saturated rings. The first-order chi connectivity index (χ1) is 9.08. The molecule has 0 bridgehead atoms. The molecule has 0 aliphatic carbocycles. The number of nitrogens with zero attached hydrogens (tertiary/aromatic N) is 1. The van der Waals surface area contributed by atoms with Gasteiger partial charge in [0.05, 0.1) is 9.40 Å². The summed E-state index contributed by atoms with van der Waals surface area (Å²) in [6.07, 6.45) is 0. The van der Waals surface area contributed by atoms with Gasteiger partial charge in [-0.1, -0.05) is 18.2 Å². The number of nitro groups is 1. The normalized spacial score (nSPS) is 9.95. The van der Waals surface area contributed by atoms with Crippen LogP contribution < -0.4 is 5.32 Å². The predicted molar refractivity (Wildman–Crippen MR) is 75.2 cm³/mol. The standard InChI is InChI=1S/C13H9BrN2O3/c14-11-7-6-10(8-12(11)16(18)19)15-13(17)9-4-2-1-3-5-9/h1-8H,(H,15,17). The maximum Gasteiger partial charge on any atom is 0.285 e. The minimum Gasteiger partial charge on any atom is -0.322 e. The van der Waals surface area contributed by atoms with E-state index in [2.05, 4.69) is 21.2 Å². The van der Waals surface area contributed by atoms with Gasteiger partial charge in [-0.05, 0) is 40.2 Å². The Balaban J connectivity index is 2.23. The number of nitrogens with one attached hydrogen (secondary N) is 1. The van der Waals surface area contributed by atoms with Crippen LogP contribution in [-0.2, 0) is 0 Å². The van der Waals surface area contributed by atoms with Crippen molar-refractivity contribution in [2.24, 2.45) is 0 Å². The highest BCUT2D eigenvalue weighted by atomic mass is 79.9. The molecular formula is C13H9BrN2O3. The van der Waals surface area contributed by atoms with Crippen molar-refractivity contribution in [1.82, 2.24) is 0 Å². The van der Waals surface area contributed by atoms with Crippen LogP contribution in [0.25, 0.3) is 0 Å². The Bertz CT molecular complexity index is 629. The largest absolute Gasteiger partial charge is 0.322 e. The lowest BCUT2D eigenvalue weighted by atomic mass is 10.2. The molecule has 96 valence electrons. The first-order valence-corrected chi connectivity index (χ1v) is 6.17. The van der Waals surface area contributed by atoms with Crippen LogP contribution in [0.15, 0.2) is 53.0 Å². The van der Waals surface area contributed by atoms with Gasteiger partial charge in [0.15, 0.2) is 0 Å². The number of anilines is 1. The van der Waals surface area contributed by atoms with Crippen molar-refractivity contribution in [3.63, 3.8) is 0 Å². The molecule has 2 aromatic carbocycles. The van der Waals surface area contributed by atoms with Gasteiger partial charge in [-0.2, -0.15) is 0 Å². The minimum atomic E-state index is -0.512. The number of benzene rings is 2. The predicted octanol–water partition coefficient (Wildman–Crippen LogP) is 3.61. The fourth-order valence-electron chi connectivity index (χ4n) is 1.52. The van der Waals surface area contributed by atoms with Crippen molar-refractivity contribution < 1.29 is 9.72 Å². The van der Waals surface area contributed by atoms with E-state index in [4.69, 9.17) is 0 Å². The van der Waals surface area contributed by atoms with Crippen LogP contribution >= 0.6 is 15.9 Å². The van der Waals surface area contributed by atoms with Gasteiger partial charge in [-0.15, -0.1) is 0 Å². The molecule has 2 rings (SSSR count). The number of rotatable bonds is 3. The van der Waals surface area contributed by atoms with Crippen LogP contribution in [0, 0.1) is 10.1 Å². The van der Waals surface area contributed by atoms with E-state index < -0.39 is 4.92 Å². The van der Waals surface area contributed by atoms with Gasteiger partial charge >= 0.3 is 0 Å². The van der Waals surface area contributed by atoms with E-state index in [1.165, 1.54) is 12.1 Å². The van der Waals surface area contributed by atoms with E-state index in [9.17, 15) is 14.9 Å². The summed E-state index contributed by atoms with van der Waals surface area (Å²) in [5.74, 6) is -0.308. The molecule has 0 aliphatic heterocycles. The molecule has 0 saturated heterocycles. The lowest BCUT2D eigenvalue weighted by molar-refractivity contribution is -0.385. The third-order valence-electron chi connectivity index (χ3n) is 2.44. The second-order valence-electron chi connectivity index (χ2n) is 3.74. The van der Waals surface area contributed by atoms with Crippen LogP contribution in [-0.4, -0.2) is 10.8 Å². The minimum absolute atomic E-state index is 0.0918. The molecule has 0 saturated carbocycles. The van der Waals surface area contributed by atoms with Gasteiger partial charge < -0.3 is 5.32 Å². The Morgan fingerprint density at radius 1 is 1.16 bits per heavy atom. The Hall–Kier alpha value is -2.21. The van der Waals surface area contributed by atoms with Gasteiger partial charge in [0.2, 0.25) is 0 Å². The zero-order chi connectivity index (χ0) is 13.8. The van der Waals surface area contributed by atoms with Crippen molar-refractivity contribution in [1.29, 1.82) is 0 Å². The second kappa shape index (κ2) is 5.62. The van der Waals surface area contributed by atoms with Crippen molar-refractivity contribution in [2.75, 3.05) is 5.32 Å². The molecular weight excluding hydrogens is 312 g/mol. The summed E-state index contributed by atoms with van der Waals surface area (Å²) in [5, 5.41) is 13.4. The number of nitro benzene ring substituents is 1. The zero-order valence-electron chi connectivity index (χ0n) is 9.67. The summed E-state index contributed by atoms with van der Waals surface area (Å²) in [7, 11) is 0. The first kappa shape index (κ1) is 13.2. The number of halogens is 1. The highest BCUT2D eigenvalue weighted by molar-refractivity contribution is 9.10. The van der Waals surface area contributed by atoms with E-state index in [0.717, 1.165) is 0 Å². The van der Waals surface area contributed by atoms with E-state index in [1.807, 2.05) is 0 Å². The fourth-order valence-corrected chi connectivity index (χ4v) is 1.91. The maximum atomic E-state index is 11.9. The molecule has 1 N–H and O–H groups in total. The smallest absolute Gasteiger partial charge is 0.285 e. The van der Waals surface area contributed by atoms with E-state index in [1.54, 1.807) is 36.4 Å². The summed E-state index contributed by atoms with van der Waals surface area (Å²) in [6, 6.07) is 13.1. The third-order valence-corrected chi connectivity index (χ3v) is 3.11. The number of hydrogen-bond acceptors (Lipinski definition) is 3. The van der Waals surface area contributed by atoms with Crippen LogP contribution in [0.4, 0.5) is 11.4 Å². The number of carbonyl (C=O) groups is 1. The van der Waals surface area contributed by atoms with Crippen LogP contribution in [0.5, 0.6) is 0 Å². The van der Waals surface area contributed by atoms with Gasteiger partial charge in [-0.3, -0.25) is 14.9 Å². The average molecular weight is 321 g/mol. The quantitative estimate of drug-likeness (QED) is 0.693. The Kier molecular flexibility index (Phi) is 3.91. The Morgan fingerprint density at radius 3 is 2.47 bits per heavy atom. The van der Waals surface area contributed by atoms with Gasteiger partial charge in [0.1, 0.15) is 0 Å². The topological polar surface area (TPSA) is 72.2 Å². The summed E-state index contributed by atoms with van der Waals surface area (Å²) in [6.45, 7) is 0. The first-order valence-electron chi connectivity index (χ1n) is 5.38. The monoisotopic (exact) mass is 320 g/mol. The molecule has 0 spiro atoms. The van der Waals surface area contributed by atoms with E-state index in [-0.39, 0.29) is 11.6 Å². The molecule has 0 aromatic heterocycles. The van der Waals surface area contributed by atoms with Crippen molar-refractivity contribution >= 4 is 33.2 Å². The van der Waals surface area contributed by atoms with Gasteiger partial charge in [-0.25, -0.2) is 0 Å². The summed E-state index contributed by atoms with van der Waals surface area (Å²) in [4.78, 5) is 22.2. The lowest BCUT2D eigenvalue weighted by Crippen LogP contribution is -2.11. The molecule has 5 nitrogen and oxygen atoms in total. The van der Waals surface area contributed by atoms with Crippen molar-refractivity contribution in [3.05, 3.63) is 68.7 Å². The molecule has 0 atom stereocenters. The van der Waals surface area contributed by atoms with Crippen LogP contribution in [0.3, 0.4) is 0 Å². The van der Waals surface area contributed by atoms with Crippen LogP contribution in [0.1, 0.15) is 10.4 Å². The highest BCUT2D eigenvalue weighted by Crippen LogP contribution is 2.27. The molecule has 0 radical (unpaired) electrons. The van der Waals surface area contributed by atoms with E-state index >= 15 is 0 Å². The number of carbonyl (C=O) groups excluding carboxylic acids is 1. The maximum absolute atomic E-state index is 11.9. The van der Waals surface area contributed by atoms with Crippen LogP contribution in [0.2, 0.25) is 0 Å². The Labute approximate surface area is 117 Å². The SMILES string of the molecule is O=C(Nc1ccc(Br)c([N+](=O)[O-])c1)c1ccccc1. The second-order valence-corrected chi connectivity index (χ2v) is 4.60. The summed E-state index contributed by atoms with van der Waals surface area (Å²) in [5.41, 5.74) is 0.780. The van der Waals surface area contributed by atoms with Gasteiger partial charge in [0, 0.05) is 17.3 Å². The number of amides is 1. The highest BCUT2D eigenvalue weighted by Gasteiger charge is 2.13. The van der Waals surface area contributed by atoms with Gasteiger partial charge in [0.25, 0.3) is 11.6 Å².